The van der Waals surface area contributed by atoms with Gasteiger partial charge in [0, 0.05) is 75.8 Å². The van der Waals surface area contributed by atoms with Crippen molar-refractivity contribution in [3.8, 4) is 44.5 Å². The highest BCUT2D eigenvalue weighted by Crippen LogP contribution is 2.44. The summed E-state index contributed by atoms with van der Waals surface area (Å²) in [5, 5.41) is 15.0. The Morgan fingerprint density at radius 1 is 0.147 bits per heavy atom. The molecule has 0 fully saturated rings. The van der Waals surface area contributed by atoms with Crippen molar-refractivity contribution in [3.05, 3.63) is 400 Å². The molecule has 4 heteroatoms. The molecule has 0 saturated heterocycles. The highest BCUT2D eigenvalue weighted by molar-refractivity contribution is 6.14. The molecule has 0 aliphatic carbocycles. The summed E-state index contributed by atoms with van der Waals surface area (Å²) in [6.07, 6.45) is 0. The monoisotopic (exact) mass is 1300 g/mol. The predicted molar refractivity (Wildman–Crippen MR) is 438 cm³/mol. The first-order chi connectivity index (χ1) is 50.4. The number of nitrogens with zero attached hydrogens (tertiary/aromatic N) is 4. The van der Waals surface area contributed by atoms with Gasteiger partial charge in [0.25, 0.3) is 0 Å². The van der Waals surface area contributed by atoms with Crippen LogP contribution in [0.2, 0.25) is 0 Å². The zero-order valence-corrected chi connectivity index (χ0v) is 56.9. The lowest BCUT2D eigenvalue weighted by molar-refractivity contribution is 1.21. The van der Waals surface area contributed by atoms with E-state index in [1.54, 1.807) is 0 Å². The third-order valence-corrected chi connectivity index (χ3v) is 20.1. The molecule has 0 bridgehead atoms. The summed E-state index contributed by atoms with van der Waals surface area (Å²) < 4.78 is 0. The summed E-state index contributed by atoms with van der Waals surface area (Å²) in [5.41, 5.74) is 21.0. The molecule has 0 spiro atoms. The summed E-state index contributed by atoms with van der Waals surface area (Å²) in [6, 6.07) is 144. The fourth-order valence-corrected chi connectivity index (χ4v) is 14.6. The van der Waals surface area contributed by atoms with Gasteiger partial charge in [-0.3, -0.25) is 0 Å². The molecule has 0 saturated carbocycles. The Bertz CT molecular complexity index is 5990. The summed E-state index contributed by atoms with van der Waals surface area (Å²) in [4.78, 5) is 9.29. The highest BCUT2D eigenvalue weighted by Gasteiger charge is 2.20. The molecule has 0 aliphatic heterocycles. The topological polar surface area (TPSA) is 13.0 Å². The van der Waals surface area contributed by atoms with Crippen molar-refractivity contribution in [1.29, 1.82) is 0 Å². The van der Waals surface area contributed by atoms with Gasteiger partial charge < -0.3 is 19.6 Å². The summed E-state index contributed by atoms with van der Waals surface area (Å²) in [5.74, 6) is 0. The molecule has 0 radical (unpaired) electrons. The SMILES string of the molecule is CN(c1ccc(-c2ccc(N(c3ccc(-c4ccccc4)cc3)c3cccc4ccccc34)cc2)cc1)c1cc2ccccc2c2ccccc12.CN(c1ccc(-c2ccc(N(c3ccc(-c4ccccc4)cc3)c3cccc4ccccc34)cc2)cc1)c1ccc2cc3ccccc3cc2c1. The Morgan fingerprint density at radius 3 is 0.873 bits per heavy atom. The molecular weight excluding hydrogens is 1230 g/mol. The van der Waals surface area contributed by atoms with Gasteiger partial charge in [-0.15, -0.1) is 0 Å². The van der Waals surface area contributed by atoms with E-state index >= 15 is 0 Å². The molecule has 0 amide bonds. The summed E-state index contributed by atoms with van der Waals surface area (Å²) in [7, 11) is 4.30. The summed E-state index contributed by atoms with van der Waals surface area (Å²) >= 11 is 0. The zero-order chi connectivity index (χ0) is 68.3. The molecule has 102 heavy (non-hydrogen) atoms. The largest absolute Gasteiger partial charge is 0.345 e. The average Bonchev–Trinajstić information content (AvgIpc) is 0.783. The Labute approximate surface area is 596 Å². The molecule has 0 atom stereocenters. The van der Waals surface area contributed by atoms with Crippen LogP contribution < -0.4 is 19.6 Å². The van der Waals surface area contributed by atoms with Crippen LogP contribution in [0.15, 0.2) is 400 Å². The van der Waals surface area contributed by atoms with Crippen molar-refractivity contribution in [2.45, 2.75) is 0 Å². The maximum Gasteiger partial charge on any atom is 0.0540 e. The van der Waals surface area contributed by atoms with Crippen molar-refractivity contribution in [2.75, 3.05) is 33.7 Å². The van der Waals surface area contributed by atoms with Crippen molar-refractivity contribution in [2.24, 2.45) is 0 Å². The minimum atomic E-state index is 1.11. The average molecular weight is 1310 g/mol. The Kier molecular flexibility index (Phi) is 16.8. The first-order valence-corrected chi connectivity index (χ1v) is 35.0. The van der Waals surface area contributed by atoms with E-state index in [1.165, 1.54) is 121 Å². The van der Waals surface area contributed by atoms with Crippen LogP contribution in [0.25, 0.3) is 109 Å². The van der Waals surface area contributed by atoms with Crippen molar-refractivity contribution < 1.29 is 0 Å². The third kappa shape index (κ3) is 12.4. The first kappa shape index (κ1) is 62.3. The molecule has 4 nitrogen and oxygen atoms in total. The smallest absolute Gasteiger partial charge is 0.0540 e. The van der Waals surface area contributed by atoms with E-state index in [-0.39, 0.29) is 0 Å². The predicted octanol–water partition coefficient (Wildman–Crippen LogP) is 27.4. The number of anilines is 10. The van der Waals surface area contributed by atoms with Gasteiger partial charge in [-0.25, -0.2) is 0 Å². The van der Waals surface area contributed by atoms with Crippen LogP contribution in [-0.2, 0) is 0 Å². The van der Waals surface area contributed by atoms with Crippen molar-refractivity contribution in [3.63, 3.8) is 0 Å². The number of rotatable bonds is 14. The second kappa shape index (κ2) is 27.6. The van der Waals surface area contributed by atoms with Crippen LogP contribution in [0.3, 0.4) is 0 Å². The van der Waals surface area contributed by atoms with Crippen molar-refractivity contribution in [1.82, 2.24) is 0 Å². The van der Waals surface area contributed by atoms with E-state index in [0.717, 1.165) is 45.5 Å². The molecule has 18 rings (SSSR count). The van der Waals surface area contributed by atoms with Crippen LogP contribution in [0.4, 0.5) is 56.9 Å². The lowest BCUT2D eigenvalue weighted by atomic mass is 9.99. The Hall–Kier alpha value is -13.3. The number of hydrogen-bond acceptors (Lipinski definition) is 4. The normalized spacial score (nSPS) is 11.2. The third-order valence-electron chi connectivity index (χ3n) is 20.1. The molecule has 18 aromatic rings. The molecule has 18 aromatic carbocycles. The zero-order valence-electron chi connectivity index (χ0n) is 56.9. The van der Waals surface area contributed by atoms with Gasteiger partial charge in [-0.2, -0.15) is 0 Å². The number of hydrogen-bond donors (Lipinski definition) is 0. The van der Waals surface area contributed by atoms with Crippen LogP contribution >= 0.6 is 0 Å². The van der Waals surface area contributed by atoms with E-state index < -0.39 is 0 Å². The molecule has 0 unspecified atom stereocenters. The van der Waals surface area contributed by atoms with E-state index in [2.05, 4.69) is 434 Å². The molecule has 0 aromatic heterocycles. The maximum absolute atomic E-state index is 2.37. The molecule has 0 N–H and O–H groups in total. The Morgan fingerprint density at radius 2 is 0.441 bits per heavy atom. The van der Waals surface area contributed by atoms with Crippen molar-refractivity contribution >= 4 is 122 Å². The number of benzene rings is 18. The van der Waals surface area contributed by atoms with Crippen LogP contribution in [0, 0.1) is 0 Å². The van der Waals surface area contributed by atoms with E-state index in [4.69, 9.17) is 0 Å². The van der Waals surface area contributed by atoms with E-state index in [9.17, 15) is 0 Å². The van der Waals surface area contributed by atoms with Crippen LogP contribution in [0.1, 0.15) is 0 Å². The fourth-order valence-electron chi connectivity index (χ4n) is 14.6. The minimum absolute atomic E-state index is 1.11. The van der Waals surface area contributed by atoms with Crippen LogP contribution in [0.5, 0.6) is 0 Å². The standard InChI is InChI=1S/2C49H36N2/c1-50(49-34-40-15-6-7-17-44(40)46-19-9-10-20-47(46)49)41-28-22-37(23-29-41)38-26-32-43(33-27-38)51(48-21-11-16-39-14-5-8-18-45(39)48)42-30-24-36(25-31-42)35-12-3-2-4-13-35;1-50(47-31-24-42-32-40-13-5-6-14-41(40)33-43(42)34-47)44-25-18-37(19-26-44)38-22-29-46(30-23-38)51(49-17-9-15-39-12-7-8-16-48(39)49)45-27-20-36(21-28-45)35-10-3-2-4-11-35/h2*2-34H,1H3. The van der Waals surface area contributed by atoms with Gasteiger partial charge in [-0.05, 0) is 208 Å². The van der Waals surface area contributed by atoms with Gasteiger partial charge in [0.05, 0.1) is 11.4 Å². The second-order valence-corrected chi connectivity index (χ2v) is 26.2. The molecule has 484 valence electrons. The van der Waals surface area contributed by atoms with E-state index in [0.29, 0.717) is 0 Å². The van der Waals surface area contributed by atoms with Gasteiger partial charge in [0.1, 0.15) is 0 Å². The lowest BCUT2D eigenvalue weighted by Gasteiger charge is -2.27. The summed E-state index contributed by atoms with van der Waals surface area (Å²) in [6.45, 7) is 0. The van der Waals surface area contributed by atoms with Crippen LogP contribution in [-0.4, -0.2) is 14.1 Å². The molecular formula is C98H72N4. The maximum atomic E-state index is 2.37. The lowest BCUT2D eigenvalue weighted by Crippen LogP contribution is -2.10. The van der Waals surface area contributed by atoms with E-state index in [1.807, 2.05) is 0 Å². The molecule has 0 aliphatic rings. The first-order valence-electron chi connectivity index (χ1n) is 35.0. The number of fused-ring (bicyclic) bond motifs is 7. The minimum Gasteiger partial charge on any atom is -0.345 e. The van der Waals surface area contributed by atoms with Gasteiger partial charge in [-0.1, -0.05) is 285 Å². The van der Waals surface area contributed by atoms with Gasteiger partial charge >= 0.3 is 0 Å². The highest BCUT2D eigenvalue weighted by atomic mass is 15.2. The quantitative estimate of drug-likeness (QED) is 0.0795. The Balaban J connectivity index is 0.000000152. The second-order valence-electron chi connectivity index (χ2n) is 26.2. The van der Waals surface area contributed by atoms with Gasteiger partial charge in [0.2, 0.25) is 0 Å². The fraction of sp³-hybridized carbons (Fsp3) is 0.0204. The molecule has 0 heterocycles. The van der Waals surface area contributed by atoms with Gasteiger partial charge in [0.15, 0.2) is 0 Å².